The molecular weight excluding hydrogens is 680 g/mol. The first-order valence-corrected chi connectivity index (χ1v) is 15.9. The van der Waals surface area contributed by atoms with Gasteiger partial charge in [0.25, 0.3) is 0 Å². The Hall–Kier alpha value is -4.07. The van der Waals surface area contributed by atoms with Crippen LogP contribution in [0.25, 0.3) is 16.3 Å². The van der Waals surface area contributed by atoms with Gasteiger partial charge in [-0.25, -0.2) is 13.4 Å². The van der Waals surface area contributed by atoms with Gasteiger partial charge in [0.05, 0.1) is 30.1 Å². The Kier molecular flexibility index (Phi) is 14.3. The Labute approximate surface area is 270 Å². The fraction of sp³-hybridized carbons (Fsp3) is 0.357. The number of carboxylic acids is 1. The van der Waals surface area contributed by atoms with E-state index in [1.807, 2.05) is 22.5 Å². The van der Waals surface area contributed by atoms with Gasteiger partial charge in [-0.05, 0) is 43.4 Å². The molecule has 0 saturated heterocycles. The third-order valence-electron chi connectivity index (χ3n) is 6.11. The molecule has 0 fully saturated rings. The van der Waals surface area contributed by atoms with Crippen LogP contribution in [0.5, 0.6) is 5.75 Å². The summed E-state index contributed by atoms with van der Waals surface area (Å²) in [7, 11) is -2.39. The number of alkyl halides is 6. The quantitative estimate of drug-likeness (QED) is 0.0861. The van der Waals surface area contributed by atoms with Gasteiger partial charge in [0.15, 0.2) is 27.7 Å². The third kappa shape index (κ3) is 12.6. The average Bonchev–Trinajstić information content (AvgIpc) is 3.62. The highest BCUT2D eigenvalue weighted by Crippen LogP contribution is 2.33. The number of halogens is 6. The smallest absolute Gasteiger partial charge is 0.485 e. The molecule has 0 saturated carbocycles. The Morgan fingerprint density at radius 1 is 1.04 bits per heavy atom. The van der Waals surface area contributed by atoms with Crippen molar-refractivity contribution in [2.45, 2.75) is 43.8 Å². The van der Waals surface area contributed by atoms with Crippen LogP contribution in [0.2, 0.25) is 0 Å². The summed E-state index contributed by atoms with van der Waals surface area (Å²) in [6.07, 6.45) is 2.10. The molecule has 0 aliphatic carbocycles. The average molecular weight is 712 g/mol. The van der Waals surface area contributed by atoms with Crippen LogP contribution in [-0.4, -0.2) is 59.2 Å². The number of quaternary nitrogens is 1. The Bertz CT molecular complexity index is 1690. The van der Waals surface area contributed by atoms with E-state index >= 15 is 0 Å². The lowest BCUT2D eigenvalue weighted by atomic mass is 10.1. The highest BCUT2D eigenvalue weighted by Gasteiger charge is 2.37. The van der Waals surface area contributed by atoms with Crippen molar-refractivity contribution in [1.82, 2.24) is 14.9 Å². The number of hydrogen-bond donors (Lipinski definition) is 1. The lowest BCUT2D eigenvalue weighted by Gasteiger charge is -2.08. The number of unbranched alkanes of at least 4 members (excludes halogenated alkanes) is 1. The van der Waals surface area contributed by atoms with E-state index in [2.05, 4.69) is 65.0 Å². The number of benzene rings is 2. The maximum Gasteiger partial charge on any atom is 0.485 e. The van der Waals surface area contributed by atoms with E-state index in [-0.39, 0.29) is 0 Å². The van der Waals surface area contributed by atoms with Gasteiger partial charge in [-0.15, -0.1) is 20.7 Å². The van der Waals surface area contributed by atoms with Gasteiger partial charge < -0.3 is 24.9 Å². The summed E-state index contributed by atoms with van der Waals surface area (Å²) in [4.78, 5) is 13.7. The van der Waals surface area contributed by atoms with E-state index in [0.717, 1.165) is 66.4 Å². The molecule has 2 heterocycles. The van der Waals surface area contributed by atoms with Crippen LogP contribution in [0.15, 0.2) is 60.1 Å². The minimum absolute atomic E-state index is 0.809. The van der Waals surface area contributed by atoms with Gasteiger partial charge in [-0.1, -0.05) is 30.3 Å². The maximum atomic E-state index is 10.7. The van der Waals surface area contributed by atoms with Gasteiger partial charge in [-0.2, -0.15) is 26.3 Å². The molecule has 11 nitrogen and oxygen atoms in total. The number of carbonyl (C=O) groups is 1. The maximum absolute atomic E-state index is 10.7. The predicted octanol–water partition coefficient (Wildman–Crippen LogP) is 2.53. The molecule has 2 aromatic heterocycles. The molecule has 3 N–H and O–H groups in total. The van der Waals surface area contributed by atoms with Crippen molar-refractivity contribution in [3.63, 3.8) is 0 Å². The number of aliphatic carboxylic acids is 1. The van der Waals surface area contributed by atoms with E-state index in [9.17, 15) is 26.3 Å². The first-order valence-electron chi connectivity index (χ1n) is 13.6. The molecule has 0 unspecified atom stereocenters. The lowest BCUT2D eigenvalue weighted by Crippen LogP contribution is -2.50. The SMILES string of the molecule is COc1cc(-[n+]2cc(CCCC[NH3+])n(C)n2)ccc1-c1nc(CCc2ccccc2)cs1.O=C([O-])C(F)(F)F.O=S(=O)([O-])C(F)(F)F. The van der Waals surface area contributed by atoms with Crippen molar-refractivity contribution in [1.29, 1.82) is 0 Å². The summed E-state index contributed by atoms with van der Waals surface area (Å²) in [5, 5.41) is 16.6. The van der Waals surface area contributed by atoms with Gasteiger partial charge >= 0.3 is 11.7 Å². The highest BCUT2D eigenvalue weighted by molar-refractivity contribution is 7.86. The zero-order chi connectivity index (χ0) is 35.4. The normalized spacial score (nSPS) is 11.6. The zero-order valence-electron chi connectivity index (χ0n) is 25.0. The molecule has 0 amide bonds. The van der Waals surface area contributed by atoms with Gasteiger partial charge in [-0.3, -0.25) is 0 Å². The third-order valence-corrected chi connectivity index (χ3v) is 7.60. The molecule has 4 aromatic rings. The fourth-order valence-electron chi connectivity index (χ4n) is 3.75. The van der Waals surface area contributed by atoms with E-state index in [1.165, 1.54) is 11.3 Å². The molecule has 0 radical (unpaired) electrons. The van der Waals surface area contributed by atoms with Gasteiger partial charge in [0.1, 0.15) is 23.8 Å². The second-order valence-electron chi connectivity index (χ2n) is 9.59. The number of ether oxygens (including phenoxy) is 1. The number of carboxylic acid groups (broad SMARTS) is 1. The molecule has 258 valence electrons. The number of thiazole rings is 1. The number of aryl methyl sites for hydroxylation is 4. The molecule has 0 aliphatic heterocycles. The summed E-state index contributed by atoms with van der Waals surface area (Å²) in [5.74, 6) is -2.20. The second-order valence-corrected chi connectivity index (χ2v) is 11.8. The number of hydrogen-bond acceptors (Lipinski definition) is 9. The van der Waals surface area contributed by atoms with Crippen molar-refractivity contribution in [2.24, 2.45) is 7.05 Å². The minimum Gasteiger partial charge on any atom is -0.741 e. The summed E-state index contributed by atoms with van der Waals surface area (Å²) in [6.45, 7) is 0.973. The number of methoxy groups -OCH3 is 1. The first kappa shape index (κ1) is 39.1. The van der Waals surface area contributed by atoms with Crippen LogP contribution in [0.1, 0.15) is 29.8 Å². The molecule has 19 heteroatoms. The topological polar surface area (TPSA) is 169 Å². The number of carbonyl (C=O) groups excluding carboxylic acids is 1. The summed E-state index contributed by atoms with van der Waals surface area (Å²) in [5.41, 5.74) is 3.93. The van der Waals surface area contributed by atoms with Crippen molar-refractivity contribution in [3.05, 3.63) is 77.1 Å². The highest BCUT2D eigenvalue weighted by atomic mass is 32.2. The van der Waals surface area contributed by atoms with Crippen LogP contribution < -0.4 is 20.3 Å². The molecule has 2 aromatic carbocycles. The standard InChI is InChI=1S/C25H30N5OS.C2HF3O2.CHF3O3S/c1-29-22(10-6-7-15-26)17-30(28-29)21-13-14-23(24(16-21)31-2)25-27-20(18-32-25)12-11-19-8-4-3-5-9-19;3-2(4,5)1(6)7;2-1(3,4)8(5,6)7/h3-5,8-9,13-14,16-18H,6-7,10-12,15,26H2,1-2H3;(H,6,7);(H,5,6,7)/q+1;;/p-1. The summed E-state index contributed by atoms with van der Waals surface area (Å²) in [6, 6.07) is 16.7. The molecule has 47 heavy (non-hydrogen) atoms. The van der Waals surface area contributed by atoms with Crippen LogP contribution in [-0.2, 0) is 41.2 Å². The monoisotopic (exact) mass is 711 g/mol. The van der Waals surface area contributed by atoms with E-state index in [1.54, 1.807) is 18.4 Å². The molecule has 4 rings (SSSR count). The van der Waals surface area contributed by atoms with Gasteiger partial charge in [0, 0.05) is 17.9 Å². The number of rotatable bonds is 10. The largest absolute Gasteiger partial charge is 0.741 e. The van der Waals surface area contributed by atoms with E-state index in [4.69, 9.17) is 32.6 Å². The summed E-state index contributed by atoms with van der Waals surface area (Å²) < 4.78 is 100. The predicted molar refractivity (Wildman–Crippen MR) is 154 cm³/mol. The van der Waals surface area contributed by atoms with E-state index in [0.29, 0.717) is 0 Å². The van der Waals surface area contributed by atoms with Gasteiger partial charge in [0.2, 0.25) is 0 Å². The summed E-state index contributed by atoms with van der Waals surface area (Å²) >= 11 is 1.66. The van der Waals surface area contributed by atoms with Crippen LogP contribution in [0.3, 0.4) is 0 Å². The van der Waals surface area contributed by atoms with Crippen LogP contribution in [0, 0.1) is 0 Å². The number of nitrogens with zero attached hydrogens (tertiary/aromatic N) is 4. The van der Waals surface area contributed by atoms with Crippen LogP contribution >= 0.6 is 11.3 Å². The Balaban J connectivity index is 0.000000426. The lowest BCUT2D eigenvalue weighted by molar-refractivity contribution is -0.661. The minimum atomic E-state index is -6.09. The van der Waals surface area contributed by atoms with E-state index < -0.39 is 27.8 Å². The first-order chi connectivity index (χ1) is 21.9. The van der Waals surface area contributed by atoms with Crippen LogP contribution in [0.4, 0.5) is 26.3 Å². The van der Waals surface area contributed by atoms with Crippen molar-refractivity contribution in [2.75, 3.05) is 13.7 Å². The van der Waals surface area contributed by atoms with Crippen molar-refractivity contribution in [3.8, 4) is 22.0 Å². The molecule has 0 aliphatic rings. The fourth-order valence-corrected chi connectivity index (χ4v) is 4.63. The van der Waals surface area contributed by atoms with Crippen molar-refractivity contribution < 1.29 is 64.4 Å². The Morgan fingerprint density at radius 2 is 1.66 bits per heavy atom. The zero-order valence-corrected chi connectivity index (χ0v) is 26.7. The second kappa shape index (κ2) is 17.2. The molecular formula is C28H31F6N5O6S2. The number of aromatic nitrogens is 4. The molecule has 0 bridgehead atoms. The Morgan fingerprint density at radius 3 is 2.19 bits per heavy atom. The molecule has 0 spiro atoms. The van der Waals surface area contributed by atoms with Crippen molar-refractivity contribution >= 4 is 27.4 Å². The molecule has 0 atom stereocenters.